The van der Waals surface area contributed by atoms with Gasteiger partial charge in [0.2, 0.25) is 0 Å². The maximum absolute atomic E-state index is 8.78. The van der Waals surface area contributed by atoms with Gasteiger partial charge in [-0.3, -0.25) is 0 Å². The van der Waals surface area contributed by atoms with Crippen molar-refractivity contribution in [2.45, 2.75) is 26.1 Å². The molecule has 0 bridgehead atoms. The minimum absolute atomic E-state index is 0.228. The molecule has 0 heterocycles. The Bertz CT molecular complexity index is 443. The number of hydrogen-bond acceptors (Lipinski definition) is 3. The number of nitriles is 1. The Morgan fingerprint density at radius 1 is 1.35 bits per heavy atom. The van der Waals surface area contributed by atoms with Gasteiger partial charge in [0, 0.05) is 10.6 Å². The summed E-state index contributed by atoms with van der Waals surface area (Å²) in [6, 6.07) is 9.32. The molecule has 0 spiro atoms. The Hall–Kier alpha value is -1.31. The van der Waals surface area contributed by atoms with Gasteiger partial charge in [0.1, 0.15) is 0 Å². The van der Waals surface area contributed by atoms with Gasteiger partial charge in [-0.25, -0.2) is 0 Å². The molecule has 0 amide bonds. The topological polar surface area (TPSA) is 45.4 Å². The molecule has 0 N–H and O–H groups in total. The molecule has 1 aromatic rings. The molecule has 0 aliphatic heterocycles. The molecule has 3 nitrogen and oxygen atoms in total. The molecule has 17 heavy (non-hydrogen) atoms. The van der Waals surface area contributed by atoms with Crippen molar-refractivity contribution in [1.82, 2.24) is 0 Å². The number of halogens is 1. The third-order valence-corrected chi connectivity index (χ3v) is 2.74. The van der Waals surface area contributed by atoms with Crippen LogP contribution in [0.1, 0.15) is 12.0 Å². The number of rotatable bonds is 4. The first-order valence-corrected chi connectivity index (χ1v) is 9.09. The lowest BCUT2D eigenvalue weighted by atomic mass is 10.1. The molecule has 90 valence electrons. The second kappa shape index (κ2) is 5.85. The van der Waals surface area contributed by atoms with E-state index in [1.165, 1.54) is 0 Å². The van der Waals surface area contributed by atoms with Gasteiger partial charge >= 0.3 is 0 Å². The fourth-order valence-electron chi connectivity index (χ4n) is 1.10. The standard InChI is InChI=1S/C12H15ClN2OSi/c1-17(2,3)16-15-12(8-9-14)10-4-6-11(13)7-5-10/h4-7H,8H2,1-3H3. The van der Waals surface area contributed by atoms with Crippen LogP contribution in [0.15, 0.2) is 29.4 Å². The van der Waals surface area contributed by atoms with E-state index in [1.54, 1.807) is 12.1 Å². The van der Waals surface area contributed by atoms with Crippen molar-refractivity contribution in [3.05, 3.63) is 34.9 Å². The van der Waals surface area contributed by atoms with Crippen LogP contribution >= 0.6 is 11.6 Å². The number of nitrogens with zero attached hydrogens (tertiary/aromatic N) is 2. The molecule has 0 unspecified atom stereocenters. The fraction of sp³-hybridized carbons (Fsp3) is 0.333. The summed E-state index contributed by atoms with van der Waals surface area (Å²) in [6.07, 6.45) is 0.228. The molecule has 0 aliphatic rings. The Labute approximate surface area is 108 Å². The van der Waals surface area contributed by atoms with Gasteiger partial charge in [0.25, 0.3) is 8.32 Å². The minimum Gasteiger partial charge on any atom is -0.455 e. The van der Waals surface area contributed by atoms with Crippen LogP contribution in [0.4, 0.5) is 0 Å². The number of hydrogen-bond donors (Lipinski definition) is 0. The van der Waals surface area contributed by atoms with Crippen LogP contribution < -0.4 is 0 Å². The SMILES string of the molecule is C[Si](C)(C)ON=C(CC#N)c1ccc(Cl)cc1. The quantitative estimate of drug-likeness (QED) is 0.473. The summed E-state index contributed by atoms with van der Waals surface area (Å²) >= 11 is 5.81. The summed E-state index contributed by atoms with van der Waals surface area (Å²) in [6.45, 7) is 6.13. The highest BCUT2D eigenvalue weighted by atomic mass is 35.5. The third-order valence-electron chi connectivity index (χ3n) is 1.85. The second-order valence-corrected chi connectivity index (χ2v) is 9.43. The van der Waals surface area contributed by atoms with Gasteiger partial charge in [0.05, 0.1) is 18.2 Å². The lowest BCUT2D eigenvalue weighted by Gasteiger charge is -2.14. The molecular weight excluding hydrogens is 252 g/mol. The molecule has 1 rings (SSSR count). The summed E-state index contributed by atoms with van der Waals surface area (Å²) in [5, 5.41) is 13.5. The van der Waals surface area contributed by atoms with Crippen molar-refractivity contribution >= 4 is 25.6 Å². The molecule has 0 radical (unpaired) electrons. The van der Waals surface area contributed by atoms with Crippen LogP contribution in [-0.2, 0) is 4.53 Å². The lowest BCUT2D eigenvalue weighted by molar-refractivity contribution is 0.335. The Morgan fingerprint density at radius 3 is 2.41 bits per heavy atom. The Balaban J connectivity index is 2.93. The molecule has 0 atom stereocenters. The predicted molar refractivity (Wildman–Crippen MR) is 72.7 cm³/mol. The van der Waals surface area contributed by atoms with Gasteiger partial charge in [-0.2, -0.15) is 5.26 Å². The molecule has 0 aliphatic carbocycles. The highest BCUT2D eigenvalue weighted by Crippen LogP contribution is 2.13. The molecule has 0 saturated heterocycles. The highest BCUT2D eigenvalue weighted by Gasteiger charge is 2.16. The average Bonchev–Trinajstić information content (AvgIpc) is 2.24. The van der Waals surface area contributed by atoms with Crippen molar-refractivity contribution < 1.29 is 4.53 Å². The van der Waals surface area contributed by atoms with Gasteiger partial charge in [-0.05, 0) is 31.8 Å². The molecule has 0 aromatic heterocycles. The Morgan fingerprint density at radius 2 is 1.94 bits per heavy atom. The van der Waals surface area contributed by atoms with E-state index in [-0.39, 0.29) is 6.42 Å². The van der Waals surface area contributed by atoms with Crippen LogP contribution in [0.5, 0.6) is 0 Å². The maximum Gasteiger partial charge on any atom is 0.278 e. The molecular formula is C12H15ClN2OSi. The van der Waals surface area contributed by atoms with E-state index in [0.29, 0.717) is 10.7 Å². The maximum atomic E-state index is 8.78. The van der Waals surface area contributed by atoms with E-state index in [4.69, 9.17) is 21.4 Å². The highest BCUT2D eigenvalue weighted by molar-refractivity contribution is 6.69. The van der Waals surface area contributed by atoms with E-state index >= 15 is 0 Å². The minimum atomic E-state index is -1.72. The van der Waals surface area contributed by atoms with Gasteiger partial charge in [0.15, 0.2) is 0 Å². The molecule has 5 heteroatoms. The van der Waals surface area contributed by atoms with Crippen molar-refractivity contribution in [3.63, 3.8) is 0 Å². The van der Waals surface area contributed by atoms with Crippen LogP contribution in [0.3, 0.4) is 0 Å². The number of oxime groups is 1. The summed E-state index contributed by atoms with van der Waals surface area (Å²) in [5.41, 5.74) is 1.51. The molecule has 1 aromatic carbocycles. The van der Waals surface area contributed by atoms with Crippen molar-refractivity contribution in [2.75, 3.05) is 0 Å². The zero-order valence-electron chi connectivity index (χ0n) is 10.2. The first-order valence-electron chi connectivity index (χ1n) is 5.30. The van der Waals surface area contributed by atoms with E-state index in [9.17, 15) is 0 Å². The average molecular weight is 267 g/mol. The summed E-state index contributed by atoms with van der Waals surface area (Å²) < 4.78 is 5.47. The molecule has 0 saturated carbocycles. The first kappa shape index (κ1) is 13.8. The van der Waals surface area contributed by atoms with Crippen LogP contribution in [0, 0.1) is 11.3 Å². The van der Waals surface area contributed by atoms with E-state index in [1.807, 2.05) is 31.8 Å². The van der Waals surface area contributed by atoms with Gasteiger partial charge in [-0.15, -0.1) is 5.16 Å². The number of benzene rings is 1. The predicted octanol–water partition coefficient (Wildman–Crippen LogP) is 3.81. The summed E-state index contributed by atoms with van der Waals surface area (Å²) in [5.74, 6) is 0. The fourth-order valence-corrected chi connectivity index (χ4v) is 1.61. The smallest absolute Gasteiger partial charge is 0.278 e. The monoisotopic (exact) mass is 266 g/mol. The third kappa shape index (κ3) is 5.03. The van der Waals surface area contributed by atoms with Crippen molar-refractivity contribution in [2.24, 2.45) is 5.16 Å². The molecule has 0 fully saturated rings. The Kier molecular flexibility index (Phi) is 4.73. The second-order valence-electron chi connectivity index (χ2n) is 4.58. The zero-order valence-corrected chi connectivity index (χ0v) is 12.0. The lowest BCUT2D eigenvalue weighted by Crippen LogP contribution is -2.23. The van der Waals surface area contributed by atoms with Crippen LogP contribution in [-0.4, -0.2) is 14.0 Å². The largest absolute Gasteiger partial charge is 0.455 e. The van der Waals surface area contributed by atoms with Crippen LogP contribution in [0.25, 0.3) is 0 Å². The van der Waals surface area contributed by atoms with E-state index in [2.05, 4.69) is 11.2 Å². The normalized spacial score (nSPS) is 12.1. The van der Waals surface area contributed by atoms with Gasteiger partial charge in [-0.1, -0.05) is 23.7 Å². The first-order chi connectivity index (χ1) is 7.92. The summed E-state index contributed by atoms with van der Waals surface area (Å²) in [7, 11) is -1.72. The zero-order chi connectivity index (χ0) is 12.9. The van der Waals surface area contributed by atoms with Crippen molar-refractivity contribution in [3.8, 4) is 6.07 Å². The summed E-state index contributed by atoms with van der Waals surface area (Å²) in [4.78, 5) is 0. The van der Waals surface area contributed by atoms with Gasteiger partial charge < -0.3 is 4.53 Å². The van der Waals surface area contributed by atoms with Crippen molar-refractivity contribution in [1.29, 1.82) is 5.26 Å². The van der Waals surface area contributed by atoms with E-state index < -0.39 is 8.32 Å². The van der Waals surface area contributed by atoms with E-state index in [0.717, 1.165) is 5.56 Å². The van der Waals surface area contributed by atoms with Crippen LogP contribution in [0.2, 0.25) is 24.7 Å².